The fourth-order valence-electron chi connectivity index (χ4n) is 2.43. The maximum Gasteiger partial charge on any atom is 0.125 e. The lowest BCUT2D eigenvalue weighted by Gasteiger charge is -2.33. The molecule has 1 heterocycles. The van der Waals surface area contributed by atoms with E-state index in [-0.39, 0.29) is 11.5 Å². The third kappa shape index (κ3) is 2.96. The van der Waals surface area contributed by atoms with Crippen molar-refractivity contribution < 1.29 is 14.6 Å². The lowest BCUT2D eigenvalue weighted by Crippen LogP contribution is -2.29. The lowest BCUT2D eigenvalue weighted by molar-refractivity contribution is 0.0445. The highest BCUT2D eigenvalue weighted by Crippen LogP contribution is 2.39. The predicted molar refractivity (Wildman–Crippen MR) is 71.1 cm³/mol. The smallest absolute Gasteiger partial charge is 0.125 e. The molecule has 0 saturated heterocycles. The highest BCUT2D eigenvalue weighted by molar-refractivity contribution is 5.43. The zero-order chi connectivity index (χ0) is 13.3. The van der Waals surface area contributed by atoms with Gasteiger partial charge in [0.05, 0.1) is 13.2 Å². The van der Waals surface area contributed by atoms with Gasteiger partial charge in [-0.15, -0.1) is 0 Å². The normalized spacial score (nSPS) is 23.2. The Morgan fingerprint density at radius 3 is 2.72 bits per heavy atom. The van der Waals surface area contributed by atoms with Crippen molar-refractivity contribution in [2.24, 2.45) is 5.41 Å². The van der Waals surface area contributed by atoms with Gasteiger partial charge in [0, 0.05) is 12.0 Å². The third-order valence-electron chi connectivity index (χ3n) is 3.20. The molecule has 1 N–H and O–H groups in total. The Bertz CT molecular complexity index is 420. The highest BCUT2D eigenvalue weighted by atomic mass is 16.5. The average molecular weight is 250 g/mol. The first-order valence-corrected chi connectivity index (χ1v) is 6.42. The molecule has 3 heteroatoms. The molecular weight excluding hydrogens is 228 g/mol. The molecule has 0 fully saturated rings. The van der Waals surface area contributed by atoms with Crippen molar-refractivity contribution in [3.63, 3.8) is 0 Å². The van der Waals surface area contributed by atoms with Gasteiger partial charge in [0.2, 0.25) is 0 Å². The summed E-state index contributed by atoms with van der Waals surface area (Å²) in [6, 6.07) is 5.60. The summed E-state index contributed by atoms with van der Waals surface area (Å²) >= 11 is 0. The Balaban J connectivity index is 2.19. The fraction of sp³-hybridized carbons (Fsp3) is 0.600. The molecule has 0 spiro atoms. The third-order valence-corrected chi connectivity index (χ3v) is 3.20. The van der Waals surface area contributed by atoms with Crippen LogP contribution in [0.25, 0.3) is 0 Å². The van der Waals surface area contributed by atoms with Crippen molar-refractivity contribution in [1.29, 1.82) is 0 Å². The summed E-state index contributed by atoms with van der Waals surface area (Å²) in [6.45, 7) is 6.56. The number of aliphatic hydroxyl groups is 1. The van der Waals surface area contributed by atoms with Crippen molar-refractivity contribution in [2.45, 2.75) is 45.8 Å². The van der Waals surface area contributed by atoms with Crippen molar-refractivity contribution >= 4 is 0 Å². The van der Waals surface area contributed by atoms with Crippen LogP contribution in [0.1, 0.15) is 45.3 Å². The molecule has 0 radical (unpaired) electrons. The summed E-state index contributed by atoms with van der Waals surface area (Å²) in [7, 11) is 1.63. The number of hydrogen-bond acceptors (Lipinski definition) is 3. The van der Waals surface area contributed by atoms with Crippen molar-refractivity contribution in [3.8, 4) is 11.5 Å². The Morgan fingerprint density at radius 1 is 1.39 bits per heavy atom. The summed E-state index contributed by atoms with van der Waals surface area (Å²) < 4.78 is 11.1. The minimum absolute atomic E-state index is 0.0842. The van der Waals surface area contributed by atoms with Gasteiger partial charge in [0.15, 0.2) is 0 Å². The van der Waals surface area contributed by atoms with Gasteiger partial charge in [-0.3, -0.25) is 0 Å². The Morgan fingerprint density at radius 2 is 2.11 bits per heavy atom. The van der Waals surface area contributed by atoms with E-state index in [0.717, 1.165) is 23.5 Å². The molecule has 100 valence electrons. The largest absolute Gasteiger partial charge is 0.497 e. The molecule has 2 rings (SSSR count). The average Bonchev–Trinajstić information content (AvgIpc) is 2.26. The maximum atomic E-state index is 10.2. The first-order chi connectivity index (χ1) is 8.39. The van der Waals surface area contributed by atoms with E-state index < -0.39 is 6.10 Å². The topological polar surface area (TPSA) is 38.7 Å². The van der Waals surface area contributed by atoms with Gasteiger partial charge in [-0.05, 0) is 30.0 Å². The summed E-state index contributed by atoms with van der Waals surface area (Å²) in [6.07, 6.45) is 1.21. The van der Waals surface area contributed by atoms with Gasteiger partial charge in [-0.2, -0.15) is 0 Å². The second kappa shape index (κ2) is 4.81. The van der Waals surface area contributed by atoms with Gasteiger partial charge >= 0.3 is 0 Å². The summed E-state index contributed by atoms with van der Waals surface area (Å²) in [5.41, 5.74) is 1.04. The molecule has 0 aliphatic carbocycles. The van der Waals surface area contributed by atoms with Crippen LogP contribution < -0.4 is 9.47 Å². The Kier molecular flexibility index (Phi) is 3.53. The standard InChI is InChI=1S/C15H22O3/c1-15(2,3)9-11-8-13(16)12-7-10(17-4)5-6-14(12)18-11/h5-7,11,13,16H,8-9H2,1-4H3/t11?,13-/m1/s1. The molecule has 0 aromatic heterocycles. The number of fused-ring (bicyclic) bond motifs is 1. The van der Waals surface area contributed by atoms with E-state index in [1.807, 2.05) is 18.2 Å². The van der Waals surface area contributed by atoms with Crippen LogP contribution in [0.5, 0.6) is 11.5 Å². The molecule has 0 saturated carbocycles. The number of rotatable bonds is 2. The number of aliphatic hydroxyl groups excluding tert-OH is 1. The SMILES string of the molecule is COc1ccc2c(c1)[C@H](O)CC(CC(C)(C)C)O2. The molecule has 1 aromatic rings. The predicted octanol–water partition coefficient (Wildman–Crippen LogP) is 3.32. The van der Waals surface area contributed by atoms with Crippen LogP contribution in [-0.2, 0) is 0 Å². The van der Waals surface area contributed by atoms with E-state index >= 15 is 0 Å². The van der Waals surface area contributed by atoms with Crippen LogP contribution >= 0.6 is 0 Å². The number of benzene rings is 1. The van der Waals surface area contributed by atoms with Crippen LogP contribution in [0.2, 0.25) is 0 Å². The maximum absolute atomic E-state index is 10.2. The minimum atomic E-state index is -0.462. The number of hydrogen-bond donors (Lipinski definition) is 1. The number of methoxy groups -OCH3 is 1. The van der Waals surface area contributed by atoms with Gasteiger partial charge in [0.1, 0.15) is 17.6 Å². The molecule has 2 atom stereocenters. The molecule has 1 unspecified atom stereocenters. The molecular formula is C15H22O3. The van der Waals surface area contributed by atoms with Gasteiger partial charge in [0.25, 0.3) is 0 Å². The first kappa shape index (κ1) is 13.2. The van der Waals surface area contributed by atoms with E-state index in [1.165, 1.54) is 0 Å². The zero-order valence-corrected chi connectivity index (χ0v) is 11.6. The second-order valence-electron chi connectivity index (χ2n) is 6.16. The van der Waals surface area contributed by atoms with E-state index in [0.29, 0.717) is 6.42 Å². The monoisotopic (exact) mass is 250 g/mol. The first-order valence-electron chi connectivity index (χ1n) is 6.42. The molecule has 18 heavy (non-hydrogen) atoms. The van der Waals surface area contributed by atoms with Gasteiger partial charge in [-0.1, -0.05) is 20.8 Å². The molecule has 0 bridgehead atoms. The van der Waals surface area contributed by atoms with E-state index in [1.54, 1.807) is 7.11 Å². The van der Waals surface area contributed by atoms with Crippen LogP contribution in [0.4, 0.5) is 0 Å². The molecule has 3 nitrogen and oxygen atoms in total. The quantitative estimate of drug-likeness (QED) is 0.875. The highest BCUT2D eigenvalue weighted by Gasteiger charge is 2.30. The van der Waals surface area contributed by atoms with E-state index in [2.05, 4.69) is 20.8 Å². The lowest BCUT2D eigenvalue weighted by atomic mass is 9.85. The summed E-state index contributed by atoms with van der Waals surface area (Å²) in [5.74, 6) is 1.54. The van der Waals surface area contributed by atoms with E-state index in [9.17, 15) is 5.11 Å². The zero-order valence-electron chi connectivity index (χ0n) is 11.6. The molecule has 1 aromatic carbocycles. The van der Waals surface area contributed by atoms with Crippen molar-refractivity contribution in [3.05, 3.63) is 23.8 Å². The second-order valence-corrected chi connectivity index (χ2v) is 6.16. The van der Waals surface area contributed by atoms with Crippen molar-refractivity contribution in [1.82, 2.24) is 0 Å². The van der Waals surface area contributed by atoms with Gasteiger partial charge < -0.3 is 14.6 Å². The van der Waals surface area contributed by atoms with Gasteiger partial charge in [-0.25, -0.2) is 0 Å². The Labute approximate surface area is 109 Å². The molecule has 1 aliphatic heterocycles. The molecule has 0 amide bonds. The summed E-state index contributed by atoms with van der Waals surface area (Å²) in [4.78, 5) is 0. The van der Waals surface area contributed by atoms with Crippen LogP contribution in [-0.4, -0.2) is 18.3 Å². The summed E-state index contributed by atoms with van der Waals surface area (Å²) in [5, 5.41) is 10.2. The fourth-order valence-corrected chi connectivity index (χ4v) is 2.43. The molecule has 1 aliphatic rings. The van der Waals surface area contributed by atoms with Crippen LogP contribution in [0.3, 0.4) is 0 Å². The Hall–Kier alpha value is -1.22. The van der Waals surface area contributed by atoms with Crippen LogP contribution in [0, 0.1) is 5.41 Å². The number of ether oxygens (including phenoxy) is 2. The van der Waals surface area contributed by atoms with E-state index in [4.69, 9.17) is 9.47 Å². The van der Waals surface area contributed by atoms with Crippen molar-refractivity contribution in [2.75, 3.05) is 7.11 Å². The van der Waals surface area contributed by atoms with Crippen LogP contribution in [0.15, 0.2) is 18.2 Å². The minimum Gasteiger partial charge on any atom is -0.497 e.